The highest BCUT2D eigenvalue weighted by atomic mass is 35.5. The molecular weight excluding hydrogens is 322 g/mol. The van der Waals surface area contributed by atoms with Gasteiger partial charge in [-0.2, -0.15) is 10.4 Å². The van der Waals surface area contributed by atoms with E-state index >= 15 is 0 Å². The number of aromatic amines is 1. The van der Waals surface area contributed by atoms with Crippen LogP contribution >= 0.6 is 22.9 Å². The van der Waals surface area contributed by atoms with Crippen LogP contribution in [-0.2, 0) is 6.42 Å². The summed E-state index contributed by atoms with van der Waals surface area (Å²) in [6.45, 7) is 0.616. The second-order valence-corrected chi connectivity index (χ2v) is 6.46. The number of amides is 1. The fraction of sp³-hybridized carbons (Fsp3) is 0.357. The topological polar surface area (TPSA) is 108 Å². The number of hydrogen-bond acceptors (Lipinski definition) is 5. The van der Waals surface area contributed by atoms with Crippen molar-refractivity contribution in [2.75, 3.05) is 12.3 Å². The molecule has 0 aliphatic carbocycles. The number of anilines is 1. The molecule has 0 saturated carbocycles. The maximum absolute atomic E-state index is 11.8. The summed E-state index contributed by atoms with van der Waals surface area (Å²) in [6, 6.07) is 5.47. The Morgan fingerprint density at radius 3 is 2.95 bits per heavy atom. The number of H-pyrrole nitrogens is 1. The third kappa shape index (κ3) is 4.23. The van der Waals surface area contributed by atoms with E-state index in [0.717, 1.165) is 31.4 Å². The Balaban J connectivity index is 1.64. The predicted octanol–water partition coefficient (Wildman–Crippen LogP) is 2.72. The fourth-order valence-corrected chi connectivity index (χ4v) is 2.99. The number of hydrogen-bond donors (Lipinski definition) is 3. The van der Waals surface area contributed by atoms with E-state index in [4.69, 9.17) is 22.6 Å². The summed E-state index contributed by atoms with van der Waals surface area (Å²) >= 11 is 7.06. The standard InChI is InChI=1S/C14H16ClN5OS/c15-12-6-5-11(22-12)14(21)18-7-3-1-2-4-10-9(8-16)13(17)20-19-10/h5-6H,1-4,7H2,(H,18,21)(H3,17,19,20). The van der Waals surface area contributed by atoms with Gasteiger partial charge < -0.3 is 11.1 Å². The molecule has 2 aromatic heterocycles. The van der Waals surface area contributed by atoms with Gasteiger partial charge in [-0.3, -0.25) is 9.89 Å². The Kier molecular flexibility index (Phi) is 5.81. The summed E-state index contributed by atoms with van der Waals surface area (Å²) in [7, 11) is 0. The zero-order valence-corrected chi connectivity index (χ0v) is 13.4. The zero-order chi connectivity index (χ0) is 15.9. The van der Waals surface area contributed by atoms with E-state index in [2.05, 4.69) is 15.5 Å². The molecular formula is C14H16ClN5OS. The van der Waals surface area contributed by atoms with Crippen molar-refractivity contribution in [1.82, 2.24) is 15.5 Å². The number of nitriles is 1. The third-order valence-electron chi connectivity index (χ3n) is 3.17. The Morgan fingerprint density at radius 1 is 1.45 bits per heavy atom. The number of thiophene rings is 1. The first-order valence-corrected chi connectivity index (χ1v) is 8.07. The minimum Gasteiger partial charge on any atom is -0.381 e. The second-order valence-electron chi connectivity index (χ2n) is 4.74. The SMILES string of the molecule is N#Cc1c(N)n[nH]c1CCCCCNC(=O)c1ccc(Cl)s1. The Hall–Kier alpha value is -2.04. The van der Waals surface area contributed by atoms with E-state index < -0.39 is 0 Å². The maximum Gasteiger partial charge on any atom is 0.261 e. The average molecular weight is 338 g/mol. The molecule has 0 atom stereocenters. The summed E-state index contributed by atoms with van der Waals surface area (Å²) in [4.78, 5) is 12.4. The van der Waals surface area contributed by atoms with Gasteiger partial charge in [-0.05, 0) is 31.4 Å². The third-order valence-corrected chi connectivity index (χ3v) is 4.40. The quantitative estimate of drug-likeness (QED) is 0.675. The van der Waals surface area contributed by atoms with Crippen LogP contribution in [0.3, 0.4) is 0 Å². The van der Waals surface area contributed by atoms with Crippen LogP contribution in [0.4, 0.5) is 5.82 Å². The molecule has 1 amide bonds. The van der Waals surface area contributed by atoms with Crippen LogP contribution in [0, 0.1) is 11.3 Å². The number of aryl methyl sites for hydroxylation is 1. The first-order valence-electron chi connectivity index (χ1n) is 6.88. The van der Waals surface area contributed by atoms with Crippen LogP contribution in [0.1, 0.15) is 40.2 Å². The summed E-state index contributed by atoms with van der Waals surface area (Å²) in [5, 5.41) is 18.4. The molecule has 0 aliphatic rings. The minimum atomic E-state index is -0.0926. The van der Waals surface area contributed by atoms with Gasteiger partial charge in [-0.25, -0.2) is 0 Å². The lowest BCUT2D eigenvalue weighted by Crippen LogP contribution is -2.23. The number of halogens is 1. The fourth-order valence-electron chi connectivity index (χ4n) is 2.03. The van der Waals surface area contributed by atoms with Crippen LogP contribution in [0.2, 0.25) is 4.34 Å². The van der Waals surface area contributed by atoms with Gasteiger partial charge in [0.15, 0.2) is 5.82 Å². The molecule has 0 radical (unpaired) electrons. The van der Waals surface area contributed by atoms with Crippen molar-refractivity contribution in [3.05, 3.63) is 32.6 Å². The first kappa shape index (κ1) is 16.3. The first-order chi connectivity index (χ1) is 10.6. The van der Waals surface area contributed by atoms with Crippen molar-refractivity contribution in [2.24, 2.45) is 0 Å². The van der Waals surface area contributed by atoms with Gasteiger partial charge >= 0.3 is 0 Å². The molecule has 8 heteroatoms. The van der Waals surface area contributed by atoms with E-state index in [0.29, 0.717) is 21.3 Å². The van der Waals surface area contributed by atoms with Crippen LogP contribution in [0.15, 0.2) is 12.1 Å². The van der Waals surface area contributed by atoms with Crippen molar-refractivity contribution in [2.45, 2.75) is 25.7 Å². The normalized spacial score (nSPS) is 10.4. The molecule has 0 spiro atoms. The largest absolute Gasteiger partial charge is 0.381 e. The van der Waals surface area contributed by atoms with E-state index in [9.17, 15) is 4.79 Å². The van der Waals surface area contributed by atoms with Crippen LogP contribution in [-0.4, -0.2) is 22.6 Å². The van der Waals surface area contributed by atoms with Gasteiger partial charge in [-0.15, -0.1) is 11.3 Å². The van der Waals surface area contributed by atoms with E-state index in [1.54, 1.807) is 12.1 Å². The van der Waals surface area contributed by atoms with Crippen molar-refractivity contribution in [3.8, 4) is 6.07 Å². The number of carbonyl (C=O) groups excluding carboxylic acids is 1. The Labute approximate surface area is 137 Å². The lowest BCUT2D eigenvalue weighted by Gasteiger charge is -2.03. The van der Waals surface area contributed by atoms with Crippen LogP contribution in [0.25, 0.3) is 0 Å². The number of nitrogens with one attached hydrogen (secondary N) is 2. The molecule has 22 heavy (non-hydrogen) atoms. The average Bonchev–Trinajstić information content (AvgIpc) is 3.08. The molecule has 2 rings (SSSR count). The molecule has 0 aromatic carbocycles. The molecule has 2 heterocycles. The number of nitrogens with two attached hydrogens (primary N) is 1. The lowest BCUT2D eigenvalue weighted by atomic mass is 10.1. The van der Waals surface area contributed by atoms with Crippen LogP contribution < -0.4 is 11.1 Å². The van der Waals surface area contributed by atoms with E-state index in [-0.39, 0.29) is 11.7 Å². The Morgan fingerprint density at radius 2 is 2.27 bits per heavy atom. The maximum atomic E-state index is 11.8. The van der Waals surface area contributed by atoms with Gasteiger partial charge in [-0.1, -0.05) is 18.0 Å². The lowest BCUT2D eigenvalue weighted by molar-refractivity contribution is 0.0957. The number of carbonyl (C=O) groups is 1. The summed E-state index contributed by atoms with van der Waals surface area (Å²) < 4.78 is 0.609. The number of nitrogens with zero attached hydrogens (tertiary/aromatic N) is 2. The van der Waals surface area contributed by atoms with Crippen molar-refractivity contribution in [1.29, 1.82) is 5.26 Å². The molecule has 0 bridgehead atoms. The molecule has 0 fully saturated rings. The highest BCUT2D eigenvalue weighted by Crippen LogP contribution is 2.21. The summed E-state index contributed by atoms with van der Waals surface area (Å²) in [6.07, 6.45) is 3.43. The van der Waals surface area contributed by atoms with E-state index in [1.807, 2.05) is 6.07 Å². The highest BCUT2D eigenvalue weighted by molar-refractivity contribution is 7.17. The molecule has 0 aliphatic heterocycles. The second kappa shape index (κ2) is 7.82. The number of aromatic nitrogens is 2. The molecule has 0 saturated heterocycles. The van der Waals surface area contributed by atoms with Crippen LogP contribution in [0.5, 0.6) is 0 Å². The zero-order valence-electron chi connectivity index (χ0n) is 11.9. The van der Waals surface area contributed by atoms with Gasteiger partial charge in [0.2, 0.25) is 0 Å². The van der Waals surface area contributed by atoms with Gasteiger partial charge in [0.25, 0.3) is 5.91 Å². The van der Waals surface area contributed by atoms with Crippen molar-refractivity contribution >= 4 is 34.7 Å². The number of rotatable bonds is 7. The minimum absolute atomic E-state index is 0.0926. The highest BCUT2D eigenvalue weighted by Gasteiger charge is 2.10. The van der Waals surface area contributed by atoms with Crippen molar-refractivity contribution < 1.29 is 4.79 Å². The molecule has 116 valence electrons. The smallest absolute Gasteiger partial charge is 0.261 e. The van der Waals surface area contributed by atoms with Gasteiger partial charge in [0.05, 0.1) is 14.9 Å². The van der Waals surface area contributed by atoms with Gasteiger partial charge in [0.1, 0.15) is 11.6 Å². The predicted molar refractivity (Wildman–Crippen MR) is 86.9 cm³/mol. The Bertz CT molecular complexity index is 688. The molecule has 6 nitrogen and oxygen atoms in total. The molecule has 0 unspecified atom stereocenters. The summed E-state index contributed by atoms with van der Waals surface area (Å²) in [5.41, 5.74) is 6.78. The van der Waals surface area contributed by atoms with Crippen molar-refractivity contribution in [3.63, 3.8) is 0 Å². The van der Waals surface area contributed by atoms with E-state index in [1.165, 1.54) is 11.3 Å². The summed E-state index contributed by atoms with van der Waals surface area (Å²) in [5.74, 6) is 0.157. The number of nitrogen functional groups attached to an aromatic ring is 1. The monoisotopic (exact) mass is 337 g/mol. The molecule has 4 N–H and O–H groups in total. The number of unbranched alkanes of at least 4 members (excludes halogenated alkanes) is 2. The molecule has 2 aromatic rings. The van der Waals surface area contributed by atoms with Gasteiger partial charge in [0, 0.05) is 6.54 Å².